The zero-order valence-corrected chi connectivity index (χ0v) is 18.8. The van der Waals surface area contributed by atoms with E-state index in [-0.39, 0.29) is 0 Å². The number of alkyl carbamates (subject to hydrolysis) is 1. The molecule has 1 aromatic rings. The maximum absolute atomic E-state index is 11.6. The van der Waals surface area contributed by atoms with E-state index < -0.39 is 11.7 Å². The summed E-state index contributed by atoms with van der Waals surface area (Å²) in [5.41, 5.74) is 0.761. The quantitative estimate of drug-likeness (QED) is 0.553. The highest BCUT2D eigenvalue weighted by molar-refractivity contribution is 9.11. The van der Waals surface area contributed by atoms with Crippen LogP contribution in [-0.4, -0.2) is 50.4 Å². The first kappa shape index (κ1) is 22.3. The summed E-state index contributed by atoms with van der Waals surface area (Å²) in [5, 5.41) is 2.72. The van der Waals surface area contributed by atoms with Gasteiger partial charge in [-0.05, 0) is 97.3 Å². The van der Waals surface area contributed by atoms with Gasteiger partial charge in [0.1, 0.15) is 11.4 Å². The topological polar surface area (TPSA) is 50.8 Å². The highest BCUT2D eigenvalue weighted by Gasteiger charge is 2.15. The van der Waals surface area contributed by atoms with Crippen LogP contribution in [0.1, 0.15) is 32.8 Å². The molecule has 0 unspecified atom stereocenters. The van der Waals surface area contributed by atoms with Gasteiger partial charge in [-0.25, -0.2) is 4.79 Å². The van der Waals surface area contributed by atoms with Crippen molar-refractivity contribution in [2.75, 3.05) is 33.8 Å². The largest absolute Gasteiger partial charge is 0.491 e. The maximum Gasteiger partial charge on any atom is 0.407 e. The third-order valence-electron chi connectivity index (χ3n) is 3.14. The Kier molecular flexibility index (Phi) is 9.24. The summed E-state index contributed by atoms with van der Waals surface area (Å²) in [6, 6.07) is 4.17. The molecule has 0 fully saturated rings. The van der Waals surface area contributed by atoms with Crippen LogP contribution in [0.5, 0.6) is 5.75 Å². The zero-order chi connectivity index (χ0) is 19.0. The Morgan fingerprint density at radius 3 is 2.32 bits per heavy atom. The van der Waals surface area contributed by atoms with Gasteiger partial charge >= 0.3 is 6.09 Å². The van der Waals surface area contributed by atoms with Crippen LogP contribution in [-0.2, 0) is 11.2 Å². The average Bonchev–Trinajstić information content (AvgIpc) is 2.45. The zero-order valence-electron chi connectivity index (χ0n) is 15.6. The predicted octanol–water partition coefficient (Wildman–Crippen LogP) is 4.61. The second-order valence-electron chi connectivity index (χ2n) is 7.07. The van der Waals surface area contributed by atoms with E-state index in [1.807, 2.05) is 20.8 Å². The van der Waals surface area contributed by atoms with Crippen molar-refractivity contribution >= 4 is 38.0 Å². The molecule has 1 N–H and O–H groups in total. The van der Waals surface area contributed by atoms with E-state index in [2.05, 4.69) is 68.3 Å². The third-order valence-corrected chi connectivity index (χ3v) is 4.32. The Labute approximate surface area is 167 Å². The fourth-order valence-electron chi connectivity index (χ4n) is 2.00. The van der Waals surface area contributed by atoms with Crippen molar-refractivity contribution in [1.29, 1.82) is 0 Å². The van der Waals surface area contributed by atoms with Gasteiger partial charge in [0, 0.05) is 13.1 Å². The van der Waals surface area contributed by atoms with Crippen LogP contribution in [0, 0.1) is 0 Å². The normalized spacial score (nSPS) is 11.5. The number of hydrogen-bond acceptors (Lipinski definition) is 4. The lowest BCUT2D eigenvalue weighted by Crippen LogP contribution is -2.33. The first-order valence-electron chi connectivity index (χ1n) is 8.31. The Morgan fingerprint density at radius 1 is 1.20 bits per heavy atom. The Balaban J connectivity index is 2.41. The van der Waals surface area contributed by atoms with Crippen molar-refractivity contribution in [2.24, 2.45) is 0 Å². The Hall–Kier alpha value is -0.790. The van der Waals surface area contributed by atoms with E-state index in [9.17, 15) is 4.79 Å². The van der Waals surface area contributed by atoms with Gasteiger partial charge in [-0.2, -0.15) is 0 Å². The summed E-state index contributed by atoms with van der Waals surface area (Å²) < 4.78 is 12.9. The molecule has 0 atom stereocenters. The molecular weight excluding hydrogens is 452 g/mol. The Bertz CT molecular complexity index is 549. The van der Waals surface area contributed by atoms with Gasteiger partial charge < -0.3 is 19.7 Å². The number of benzene rings is 1. The first-order valence-corrected chi connectivity index (χ1v) is 9.89. The van der Waals surface area contributed by atoms with E-state index in [1.165, 1.54) is 5.56 Å². The molecule has 1 rings (SSSR count). The molecule has 5 nitrogen and oxygen atoms in total. The van der Waals surface area contributed by atoms with Crippen molar-refractivity contribution in [1.82, 2.24) is 10.2 Å². The molecule has 25 heavy (non-hydrogen) atoms. The molecule has 0 aromatic heterocycles. The molecule has 0 aliphatic heterocycles. The number of ether oxygens (including phenoxy) is 2. The lowest BCUT2D eigenvalue weighted by Gasteiger charge is -2.19. The highest BCUT2D eigenvalue weighted by Crippen LogP contribution is 2.35. The fourth-order valence-corrected chi connectivity index (χ4v) is 3.51. The number of hydrogen-bond donors (Lipinski definition) is 1. The third kappa shape index (κ3) is 9.47. The van der Waals surface area contributed by atoms with Crippen molar-refractivity contribution in [3.05, 3.63) is 26.6 Å². The SMILES string of the molecule is CN(C)CCc1cc(Br)c(OCCCNC(=O)OC(C)(C)C)c(Br)c1. The van der Waals surface area contributed by atoms with Gasteiger partial charge in [0.15, 0.2) is 0 Å². The highest BCUT2D eigenvalue weighted by atomic mass is 79.9. The molecule has 0 bridgehead atoms. The van der Waals surface area contributed by atoms with Crippen LogP contribution in [0.15, 0.2) is 21.1 Å². The number of nitrogens with zero attached hydrogens (tertiary/aromatic N) is 1. The standard InChI is InChI=1S/C18H28Br2N2O3/c1-18(2,3)25-17(23)21-8-6-10-24-16-14(19)11-13(12-15(16)20)7-9-22(4)5/h11-12H,6-10H2,1-5H3,(H,21,23). The van der Waals surface area contributed by atoms with E-state index in [0.29, 0.717) is 19.6 Å². The lowest BCUT2D eigenvalue weighted by atomic mass is 10.1. The number of likely N-dealkylation sites (N-methyl/N-ethyl adjacent to an activating group) is 1. The van der Waals surface area contributed by atoms with Crippen LogP contribution < -0.4 is 10.1 Å². The number of amides is 1. The van der Waals surface area contributed by atoms with Crippen molar-refractivity contribution in [3.8, 4) is 5.75 Å². The van der Waals surface area contributed by atoms with Gasteiger partial charge in [0.25, 0.3) is 0 Å². The second kappa shape index (κ2) is 10.4. The molecule has 0 spiro atoms. The number of carbonyl (C=O) groups is 1. The van der Waals surface area contributed by atoms with Gasteiger partial charge in [0.05, 0.1) is 15.6 Å². The first-order chi connectivity index (χ1) is 11.6. The van der Waals surface area contributed by atoms with Crippen LogP contribution in [0.2, 0.25) is 0 Å². The number of rotatable bonds is 8. The van der Waals surface area contributed by atoms with E-state index in [4.69, 9.17) is 9.47 Å². The maximum atomic E-state index is 11.6. The van der Waals surface area contributed by atoms with E-state index in [0.717, 1.165) is 27.7 Å². The van der Waals surface area contributed by atoms with E-state index >= 15 is 0 Å². The fraction of sp³-hybridized carbons (Fsp3) is 0.611. The molecule has 0 radical (unpaired) electrons. The summed E-state index contributed by atoms with van der Waals surface area (Å²) >= 11 is 7.14. The number of nitrogens with one attached hydrogen (secondary N) is 1. The summed E-state index contributed by atoms with van der Waals surface area (Å²) in [4.78, 5) is 13.7. The monoisotopic (exact) mass is 478 g/mol. The molecule has 0 saturated heterocycles. The van der Waals surface area contributed by atoms with Crippen LogP contribution >= 0.6 is 31.9 Å². The predicted molar refractivity (Wildman–Crippen MR) is 108 cm³/mol. The minimum Gasteiger partial charge on any atom is -0.491 e. The summed E-state index contributed by atoms with van der Waals surface area (Å²) in [6.45, 7) is 7.53. The second-order valence-corrected chi connectivity index (χ2v) is 8.78. The van der Waals surface area contributed by atoms with E-state index in [1.54, 1.807) is 0 Å². The molecule has 0 saturated carbocycles. The molecule has 0 aliphatic rings. The summed E-state index contributed by atoms with van der Waals surface area (Å²) in [7, 11) is 4.12. The van der Waals surface area contributed by atoms with Gasteiger partial charge in [-0.15, -0.1) is 0 Å². The van der Waals surface area contributed by atoms with Crippen molar-refractivity contribution in [2.45, 2.75) is 39.2 Å². The Morgan fingerprint density at radius 2 is 1.80 bits per heavy atom. The number of carbonyl (C=O) groups excluding carboxylic acids is 1. The van der Waals surface area contributed by atoms with Gasteiger partial charge in [-0.3, -0.25) is 0 Å². The average molecular weight is 480 g/mol. The minimum absolute atomic E-state index is 0.403. The van der Waals surface area contributed by atoms with Crippen molar-refractivity contribution < 1.29 is 14.3 Å². The molecule has 7 heteroatoms. The molecular formula is C18H28Br2N2O3. The minimum atomic E-state index is -0.482. The van der Waals surface area contributed by atoms with Crippen LogP contribution in [0.4, 0.5) is 4.79 Å². The van der Waals surface area contributed by atoms with Gasteiger partial charge in [-0.1, -0.05) is 0 Å². The van der Waals surface area contributed by atoms with Gasteiger partial charge in [0.2, 0.25) is 0 Å². The molecule has 1 amide bonds. The van der Waals surface area contributed by atoms with Crippen molar-refractivity contribution in [3.63, 3.8) is 0 Å². The summed E-state index contributed by atoms with van der Waals surface area (Å²) in [5.74, 6) is 0.783. The molecule has 0 heterocycles. The molecule has 1 aromatic carbocycles. The molecule has 142 valence electrons. The lowest BCUT2D eigenvalue weighted by molar-refractivity contribution is 0.0525. The number of halogens is 2. The van der Waals surface area contributed by atoms with Crippen LogP contribution in [0.3, 0.4) is 0 Å². The van der Waals surface area contributed by atoms with Crippen LogP contribution in [0.25, 0.3) is 0 Å². The molecule has 0 aliphatic carbocycles. The smallest absolute Gasteiger partial charge is 0.407 e. The summed E-state index contributed by atoms with van der Waals surface area (Å²) in [6.07, 6.45) is 1.27.